The van der Waals surface area contributed by atoms with E-state index in [1.165, 1.54) is 10.9 Å². The summed E-state index contributed by atoms with van der Waals surface area (Å²) in [6.45, 7) is 0.508. The highest BCUT2D eigenvalue weighted by Crippen LogP contribution is 2.34. The normalized spacial score (nSPS) is 16.9. The number of halogens is 4. The minimum Gasteiger partial charge on any atom is -0.420 e. The molecule has 0 saturated carbocycles. The van der Waals surface area contributed by atoms with Gasteiger partial charge in [-0.3, -0.25) is 9.48 Å². The third-order valence-corrected chi connectivity index (χ3v) is 4.40. The molecule has 29 heavy (non-hydrogen) atoms. The van der Waals surface area contributed by atoms with Crippen molar-refractivity contribution < 1.29 is 26.8 Å². The minimum atomic E-state index is -4.65. The van der Waals surface area contributed by atoms with Crippen molar-refractivity contribution in [3.05, 3.63) is 41.7 Å². The van der Waals surface area contributed by atoms with Crippen LogP contribution in [0.3, 0.4) is 0 Å². The van der Waals surface area contributed by atoms with Crippen molar-refractivity contribution in [2.24, 2.45) is 7.05 Å². The average Bonchev–Trinajstić information content (AvgIpc) is 3.35. The zero-order valence-electron chi connectivity index (χ0n) is 14.9. The quantitative estimate of drug-likeness (QED) is 0.642. The molecule has 1 aliphatic rings. The molecular weight excluding hydrogens is 396 g/mol. The minimum absolute atomic E-state index is 0.0441. The smallest absolute Gasteiger partial charge is 0.416 e. The number of aryl methyl sites for hydroxylation is 1. The average molecular weight is 410 g/mol. The van der Waals surface area contributed by atoms with Crippen molar-refractivity contribution in [1.82, 2.24) is 25.3 Å². The zero-order chi connectivity index (χ0) is 20.8. The van der Waals surface area contributed by atoms with E-state index in [0.717, 1.165) is 12.1 Å². The molecule has 4 rings (SSSR count). The Morgan fingerprint density at radius 2 is 2.10 bits per heavy atom. The Hall–Kier alpha value is -3.44. The van der Waals surface area contributed by atoms with Crippen LogP contribution >= 0.6 is 0 Å². The highest BCUT2D eigenvalue weighted by atomic mass is 19.4. The number of carbonyl (C=O) groups excluding carboxylic acids is 1. The van der Waals surface area contributed by atoms with Crippen LogP contribution in [-0.2, 0) is 18.0 Å². The molecule has 2 aromatic heterocycles. The number of anilines is 2. The first-order chi connectivity index (χ1) is 13.7. The molecule has 12 heteroatoms. The second kappa shape index (κ2) is 6.87. The largest absolute Gasteiger partial charge is 0.420 e. The predicted octanol–water partition coefficient (Wildman–Crippen LogP) is 2.98. The van der Waals surface area contributed by atoms with Gasteiger partial charge in [-0.05, 0) is 24.6 Å². The van der Waals surface area contributed by atoms with E-state index in [-0.39, 0.29) is 29.2 Å². The van der Waals surface area contributed by atoms with Gasteiger partial charge >= 0.3 is 6.18 Å². The van der Waals surface area contributed by atoms with Gasteiger partial charge in [0.15, 0.2) is 5.82 Å². The van der Waals surface area contributed by atoms with Crippen LogP contribution in [0.5, 0.6) is 0 Å². The van der Waals surface area contributed by atoms with E-state index in [9.17, 15) is 22.4 Å². The van der Waals surface area contributed by atoms with Crippen molar-refractivity contribution >= 4 is 17.4 Å². The molecule has 1 aromatic carbocycles. The number of hydrogen-bond donors (Lipinski definition) is 2. The van der Waals surface area contributed by atoms with Gasteiger partial charge in [-0.1, -0.05) is 0 Å². The molecule has 0 radical (unpaired) electrons. The topological polar surface area (TPSA) is 97.9 Å². The Kier molecular flexibility index (Phi) is 4.47. The second-order valence-corrected chi connectivity index (χ2v) is 6.46. The Balaban J connectivity index is 1.63. The van der Waals surface area contributed by atoms with Crippen LogP contribution in [0, 0.1) is 5.82 Å². The fourth-order valence-electron chi connectivity index (χ4n) is 2.97. The van der Waals surface area contributed by atoms with Gasteiger partial charge in [0.1, 0.15) is 17.3 Å². The number of amides is 1. The molecule has 1 amide bonds. The number of nitrogens with zero attached hydrogens (tertiary/aromatic N) is 4. The summed E-state index contributed by atoms with van der Waals surface area (Å²) in [5.74, 6) is -1.55. The molecule has 1 aliphatic heterocycles. The van der Waals surface area contributed by atoms with Crippen LogP contribution in [0.1, 0.15) is 23.8 Å². The van der Waals surface area contributed by atoms with E-state index in [1.807, 2.05) is 0 Å². The van der Waals surface area contributed by atoms with Gasteiger partial charge in [0.25, 0.3) is 5.89 Å². The molecule has 3 heterocycles. The van der Waals surface area contributed by atoms with Crippen LogP contribution in [-0.4, -0.2) is 32.4 Å². The molecule has 8 nitrogen and oxygen atoms in total. The second-order valence-electron chi connectivity index (χ2n) is 6.46. The number of benzene rings is 1. The highest BCUT2D eigenvalue weighted by Gasteiger charge is 2.32. The van der Waals surface area contributed by atoms with E-state index in [4.69, 9.17) is 4.42 Å². The van der Waals surface area contributed by atoms with Crippen molar-refractivity contribution in [2.45, 2.75) is 18.5 Å². The first-order valence-corrected chi connectivity index (χ1v) is 8.51. The van der Waals surface area contributed by atoms with Gasteiger partial charge in [0.05, 0.1) is 11.3 Å². The van der Waals surface area contributed by atoms with E-state index in [2.05, 4.69) is 25.9 Å². The van der Waals surface area contributed by atoms with Crippen LogP contribution < -0.4 is 10.6 Å². The molecule has 0 aliphatic carbocycles. The third kappa shape index (κ3) is 3.65. The van der Waals surface area contributed by atoms with Gasteiger partial charge in [-0.2, -0.15) is 18.3 Å². The maximum absolute atomic E-state index is 14.2. The predicted molar refractivity (Wildman–Crippen MR) is 91.6 cm³/mol. The molecule has 0 unspecified atom stereocenters. The highest BCUT2D eigenvalue weighted by molar-refractivity contribution is 5.84. The summed E-state index contributed by atoms with van der Waals surface area (Å²) in [5, 5.41) is 17.3. The van der Waals surface area contributed by atoms with Gasteiger partial charge in [-0.15, -0.1) is 10.2 Å². The lowest BCUT2D eigenvalue weighted by molar-refractivity contribution is -0.137. The van der Waals surface area contributed by atoms with E-state index in [0.29, 0.717) is 24.6 Å². The summed E-state index contributed by atoms with van der Waals surface area (Å²) >= 11 is 0. The molecule has 0 spiro atoms. The van der Waals surface area contributed by atoms with Gasteiger partial charge in [0, 0.05) is 19.8 Å². The first-order valence-electron chi connectivity index (χ1n) is 8.51. The van der Waals surface area contributed by atoms with Gasteiger partial charge in [-0.25, -0.2) is 4.39 Å². The Morgan fingerprint density at radius 1 is 1.31 bits per heavy atom. The lowest BCUT2D eigenvalue weighted by Gasteiger charge is -2.10. The standard InChI is InChI=1S/C17H14F4N6O2/c1-27-7-10(16-25-24-15(29-16)9-4-5-22-14(9)28)13(26-27)23-12-3-2-8(6-11(12)18)17(19,20)21/h2-3,6-7,9H,4-5H2,1H3,(H,22,28)(H,23,26)/t9-/m0/s1. The zero-order valence-corrected chi connectivity index (χ0v) is 14.9. The number of nitrogens with one attached hydrogen (secondary N) is 2. The molecule has 152 valence electrons. The van der Waals surface area contributed by atoms with Crippen LogP contribution in [0.15, 0.2) is 28.8 Å². The van der Waals surface area contributed by atoms with Crippen molar-refractivity contribution in [2.75, 3.05) is 11.9 Å². The number of alkyl halides is 3. The molecule has 3 aromatic rings. The Morgan fingerprint density at radius 3 is 2.76 bits per heavy atom. The maximum atomic E-state index is 14.2. The summed E-state index contributed by atoms with van der Waals surface area (Å²) < 4.78 is 59.3. The van der Waals surface area contributed by atoms with Gasteiger partial charge < -0.3 is 15.1 Å². The first kappa shape index (κ1) is 18.9. The fourth-order valence-corrected chi connectivity index (χ4v) is 2.97. The number of aromatic nitrogens is 4. The lowest BCUT2D eigenvalue weighted by Crippen LogP contribution is -2.18. The molecular formula is C17H14F4N6O2. The fraction of sp³-hybridized carbons (Fsp3) is 0.294. The summed E-state index contributed by atoms with van der Waals surface area (Å²) in [4.78, 5) is 11.8. The number of carbonyl (C=O) groups is 1. The van der Waals surface area contributed by atoms with Crippen LogP contribution in [0.4, 0.5) is 29.1 Å². The Labute approximate surface area is 160 Å². The third-order valence-electron chi connectivity index (χ3n) is 4.40. The van der Waals surface area contributed by atoms with Crippen molar-refractivity contribution in [1.29, 1.82) is 0 Å². The van der Waals surface area contributed by atoms with Crippen LogP contribution in [0.2, 0.25) is 0 Å². The summed E-state index contributed by atoms with van der Waals surface area (Å²) in [5.41, 5.74) is -0.991. The molecule has 1 atom stereocenters. The van der Waals surface area contributed by atoms with E-state index < -0.39 is 23.5 Å². The van der Waals surface area contributed by atoms with E-state index in [1.54, 1.807) is 7.05 Å². The molecule has 2 N–H and O–H groups in total. The summed E-state index contributed by atoms with van der Waals surface area (Å²) in [7, 11) is 1.60. The van der Waals surface area contributed by atoms with Gasteiger partial charge in [0.2, 0.25) is 11.8 Å². The SMILES string of the molecule is Cn1cc(-c2nnc([C@H]3CCNC3=O)o2)c(Nc2ccc(C(F)(F)F)cc2F)n1. The number of rotatable bonds is 4. The van der Waals surface area contributed by atoms with E-state index >= 15 is 0 Å². The molecule has 1 fully saturated rings. The van der Waals surface area contributed by atoms with Crippen LogP contribution in [0.25, 0.3) is 11.5 Å². The monoisotopic (exact) mass is 410 g/mol. The molecule has 0 bridgehead atoms. The lowest BCUT2D eigenvalue weighted by atomic mass is 10.1. The van der Waals surface area contributed by atoms with Crippen molar-refractivity contribution in [3.63, 3.8) is 0 Å². The Bertz CT molecular complexity index is 1070. The number of hydrogen-bond acceptors (Lipinski definition) is 6. The summed E-state index contributed by atoms with van der Waals surface area (Å²) in [6, 6.07) is 2.13. The van der Waals surface area contributed by atoms with Crippen molar-refractivity contribution in [3.8, 4) is 11.5 Å². The summed E-state index contributed by atoms with van der Waals surface area (Å²) in [6.07, 6.45) is -2.60. The maximum Gasteiger partial charge on any atom is 0.416 e. The molecule has 1 saturated heterocycles.